The Kier molecular flexibility index (Phi) is 5.02. The molecule has 1 fully saturated rings. The molecule has 126 valence electrons. The quantitative estimate of drug-likeness (QED) is 0.924. The largest absolute Gasteiger partial charge is 0.314 e. The third-order valence-corrected chi connectivity index (χ3v) is 5.02. The molecule has 0 spiro atoms. The molecule has 2 heterocycles. The number of piperazine rings is 1. The van der Waals surface area contributed by atoms with Crippen molar-refractivity contribution in [3.63, 3.8) is 0 Å². The first-order valence-corrected chi connectivity index (χ1v) is 8.94. The van der Waals surface area contributed by atoms with Gasteiger partial charge in [0.05, 0.1) is 0 Å². The van der Waals surface area contributed by atoms with Crippen molar-refractivity contribution in [2.75, 3.05) is 37.6 Å². The molecule has 3 rings (SSSR count). The zero-order chi connectivity index (χ0) is 16.4. The van der Waals surface area contributed by atoms with Crippen LogP contribution in [0.3, 0.4) is 0 Å². The minimum atomic E-state index is 0.0517. The van der Waals surface area contributed by atoms with Crippen molar-refractivity contribution in [3.8, 4) is 0 Å². The smallest absolute Gasteiger partial charge is 0.229 e. The van der Waals surface area contributed by atoms with E-state index in [-0.39, 0.29) is 17.9 Å². The number of nitrogens with one attached hydrogen (secondary N) is 1. The SMILES string of the molecule is CC(C)C(=O)N1c2ccc(CCN3CCNCC3)cc2CC1C. The molecule has 0 bridgehead atoms. The zero-order valence-electron chi connectivity index (χ0n) is 14.6. The van der Waals surface area contributed by atoms with Gasteiger partial charge in [-0.25, -0.2) is 0 Å². The standard InChI is InChI=1S/C19H29N3O/c1-14(2)19(23)22-15(3)12-17-13-16(4-5-18(17)22)6-9-21-10-7-20-8-11-21/h4-5,13-15,20H,6-12H2,1-3H3. The number of benzene rings is 1. The summed E-state index contributed by atoms with van der Waals surface area (Å²) in [6.07, 6.45) is 2.08. The maximum Gasteiger partial charge on any atom is 0.229 e. The highest BCUT2D eigenvalue weighted by atomic mass is 16.2. The highest BCUT2D eigenvalue weighted by Gasteiger charge is 2.32. The summed E-state index contributed by atoms with van der Waals surface area (Å²) in [5.41, 5.74) is 3.86. The van der Waals surface area contributed by atoms with Crippen LogP contribution in [0.5, 0.6) is 0 Å². The highest BCUT2D eigenvalue weighted by molar-refractivity contribution is 5.97. The number of hydrogen-bond donors (Lipinski definition) is 1. The average Bonchev–Trinajstić information content (AvgIpc) is 2.88. The molecule has 1 atom stereocenters. The molecular weight excluding hydrogens is 286 g/mol. The van der Waals surface area contributed by atoms with Crippen molar-refractivity contribution in [2.24, 2.45) is 5.92 Å². The van der Waals surface area contributed by atoms with E-state index >= 15 is 0 Å². The van der Waals surface area contributed by atoms with Gasteiger partial charge in [0, 0.05) is 50.4 Å². The maximum atomic E-state index is 12.4. The summed E-state index contributed by atoms with van der Waals surface area (Å²) in [7, 11) is 0. The molecule has 4 heteroatoms. The molecule has 1 unspecified atom stereocenters. The van der Waals surface area contributed by atoms with E-state index < -0.39 is 0 Å². The van der Waals surface area contributed by atoms with Gasteiger partial charge in [0.15, 0.2) is 0 Å². The van der Waals surface area contributed by atoms with Gasteiger partial charge in [-0.2, -0.15) is 0 Å². The molecule has 1 amide bonds. The number of carbonyl (C=O) groups is 1. The average molecular weight is 315 g/mol. The van der Waals surface area contributed by atoms with Crippen LogP contribution in [-0.2, 0) is 17.6 Å². The van der Waals surface area contributed by atoms with E-state index in [1.807, 2.05) is 18.7 Å². The molecule has 1 saturated heterocycles. The second kappa shape index (κ2) is 7.02. The molecule has 1 N–H and O–H groups in total. The molecule has 0 saturated carbocycles. The second-order valence-electron chi connectivity index (χ2n) is 7.22. The third-order valence-electron chi connectivity index (χ3n) is 5.02. The van der Waals surface area contributed by atoms with Crippen LogP contribution >= 0.6 is 0 Å². The maximum absolute atomic E-state index is 12.4. The van der Waals surface area contributed by atoms with Gasteiger partial charge in [0.1, 0.15) is 0 Å². The summed E-state index contributed by atoms with van der Waals surface area (Å²) in [6, 6.07) is 6.97. The van der Waals surface area contributed by atoms with E-state index in [2.05, 4.69) is 35.3 Å². The van der Waals surface area contributed by atoms with Crippen molar-refractivity contribution in [2.45, 2.75) is 39.7 Å². The summed E-state index contributed by atoms with van der Waals surface area (Å²) in [4.78, 5) is 17.0. The van der Waals surface area contributed by atoms with Gasteiger partial charge in [0.25, 0.3) is 0 Å². The van der Waals surface area contributed by atoms with Gasteiger partial charge in [-0.1, -0.05) is 26.0 Å². The zero-order valence-corrected chi connectivity index (χ0v) is 14.6. The van der Waals surface area contributed by atoms with Crippen LogP contribution in [0.15, 0.2) is 18.2 Å². The fourth-order valence-electron chi connectivity index (χ4n) is 3.68. The van der Waals surface area contributed by atoms with Crippen molar-refractivity contribution < 1.29 is 4.79 Å². The number of amides is 1. The van der Waals surface area contributed by atoms with Crippen molar-refractivity contribution in [3.05, 3.63) is 29.3 Å². The van der Waals surface area contributed by atoms with Gasteiger partial charge in [-0.15, -0.1) is 0 Å². The van der Waals surface area contributed by atoms with Crippen LogP contribution in [0, 0.1) is 5.92 Å². The van der Waals surface area contributed by atoms with Gasteiger partial charge in [-0.3, -0.25) is 4.79 Å². The minimum Gasteiger partial charge on any atom is -0.314 e. The number of rotatable bonds is 4. The van der Waals surface area contributed by atoms with Gasteiger partial charge < -0.3 is 15.1 Å². The van der Waals surface area contributed by atoms with Gasteiger partial charge >= 0.3 is 0 Å². The molecule has 2 aliphatic rings. The fraction of sp³-hybridized carbons (Fsp3) is 0.632. The molecule has 4 nitrogen and oxygen atoms in total. The molecule has 1 aromatic rings. The van der Waals surface area contributed by atoms with E-state index in [4.69, 9.17) is 0 Å². The molecule has 1 aromatic carbocycles. The van der Waals surface area contributed by atoms with Gasteiger partial charge in [0.2, 0.25) is 5.91 Å². The lowest BCUT2D eigenvalue weighted by Crippen LogP contribution is -2.44. The van der Waals surface area contributed by atoms with Crippen molar-refractivity contribution in [1.29, 1.82) is 0 Å². The Morgan fingerprint density at radius 2 is 2.04 bits per heavy atom. The van der Waals surface area contributed by atoms with E-state index in [1.54, 1.807) is 0 Å². The summed E-state index contributed by atoms with van der Waals surface area (Å²) >= 11 is 0. The first-order valence-electron chi connectivity index (χ1n) is 8.94. The Bertz CT molecular complexity index is 564. The Hall–Kier alpha value is -1.39. The summed E-state index contributed by atoms with van der Waals surface area (Å²) in [5, 5.41) is 3.40. The number of hydrogen-bond acceptors (Lipinski definition) is 3. The number of carbonyl (C=O) groups excluding carboxylic acids is 1. The molecule has 0 radical (unpaired) electrons. The predicted octanol–water partition coefficient (Wildman–Crippen LogP) is 2.07. The van der Waals surface area contributed by atoms with Crippen LogP contribution in [0.4, 0.5) is 5.69 Å². The number of anilines is 1. The topological polar surface area (TPSA) is 35.6 Å². The summed E-state index contributed by atoms with van der Waals surface area (Å²) in [6.45, 7) is 11.8. The lowest BCUT2D eigenvalue weighted by atomic mass is 10.0. The van der Waals surface area contributed by atoms with Crippen LogP contribution < -0.4 is 10.2 Å². The highest BCUT2D eigenvalue weighted by Crippen LogP contribution is 2.34. The first-order chi connectivity index (χ1) is 11.1. The van der Waals surface area contributed by atoms with E-state index in [9.17, 15) is 4.79 Å². The number of fused-ring (bicyclic) bond motifs is 1. The van der Waals surface area contributed by atoms with Crippen molar-refractivity contribution in [1.82, 2.24) is 10.2 Å². The van der Waals surface area contributed by atoms with E-state index in [0.717, 1.165) is 51.3 Å². The van der Waals surface area contributed by atoms with Crippen LogP contribution in [-0.4, -0.2) is 49.6 Å². The normalized spacial score (nSPS) is 21.7. The Labute approximate surface area is 139 Å². The molecular formula is C19H29N3O. The minimum absolute atomic E-state index is 0.0517. The van der Waals surface area contributed by atoms with E-state index in [0.29, 0.717) is 0 Å². The fourth-order valence-corrected chi connectivity index (χ4v) is 3.68. The molecule has 0 aliphatic carbocycles. The van der Waals surface area contributed by atoms with E-state index in [1.165, 1.54) is 11.1 Å². The predicted molar refractivity (Wildman–Crippen MR) is 94.9 cm³/mol. The lowest BCUT2D eigenvalue weighted by Gasteiger charge is -2.27. The lowest BCUT2D eigenvalue weighted by molar-refractivity contribution is -0.121. The van der Waals surface area contributed by atoms with Crippen LogP contribution in [0.2, 0.25) is 0 Å². The van der Waals surface area contributed by atoms with Gasteiger partial charge in [-0.05, 0) is 37.0 Å². The van der Waals surface area contributed by atoms with Crippen molar-refractivity contribution >= 4 is 11.6 Å². The molecule has 0 aromatic heterocycles. The van der Waals surface area contributed by atoms with Crippen LogP contribution in [0.1, 0.15) is 31.9 Å². The summed E-state index contributed by atoms with van der Waals surface area (Å²) in [5.74, 6) is 0.292. The number of nitrogens with zero attached hydrogens (tertiary/aromatic N) is 2. The Balaban J connectivity index is 1.68. The van der Waals surface area contributed by atoms with Crippen LogP contribution in [0.25, 0.3) is 0 Å². The second-order valence-corrected chi connectivity index (χ2v) is 7.22. The third kappa shape index (κ3) is 3.59. The first kappa shape index (κ1) is 16.5. The molecule has 2 aliphatic heterocycles. The molecule has 23 heavy (non-hydrogen) atoms. The Morgan fingerprint density at radius 3 is 2.74 bits per heavy atom. The summed E-state index contributed by atoms with van der Waals surface area (Å²) < 4.78 is 0. The monoisotopic (exact) mass is 315 g/mol. The Morgan fingerprint density at radius 1 is 1.30 bits per heavy atom.